The number of aryl methyl sites for hydroxylation is 2. The molecule has 2 aromatic rings. The van der Waals surface area contributed by atoms with Crippen molar-refractivity contribution in [2.75, 3.05) is 51.8 Å². The molecule has 29 heavy (non-hydrogen) atoms. The minimum absolute atomic E-state index is 0.751. The number of hydrogen-bond acceptors (Lipinski definition) is 4. The minimum Gasteiger partial charge on any atom is -0.493 e. The van der Waals surface area contributed by atoms with Crippen LogP contribution in [0.2, 0.25) is 0 Å². The summed E-state index contributed by atoms with van der Waals surface area (Å²) in [7, 11) is 3.31. The largest absolute Gasteiger partial charge is 0.493 e. The van der Waals surface area contributed by atoms with Gasteiger partial charge in [-0.15, -0.1) is 0 Å². The van der Waals surface area contributed by atoms with Gasteiger partial charge in [-0.25, -0.2) is 0 Å². The quantitative estimate of drug-likeness (QED) is 0.730. The van der Waals surface area contributed by atoms with Crippen molar-refractivity contribution in [1.29, 1.82) is 0 Å². The van der Waals surface area contributed by atoms with Crippen LogP contribution in [0, 0.1) is 13.8 Å². The Bertz CT molecular complexity index is 848. The Balaban J connectivity index is 1.47. The molecule has 0 aromatic heterocycles. The molecule has 0 radical (unpaired) electrons. The van der Waals surface area contributed by atoms with Gasteiger partial charge in [0.25, 0.3) is 0 Å². The number of benzene rings is 2. The molecule has 0 unspecified atom stereocenters. The van der Waals surface area contributed by atoms with E-state index in [4.69, 9.17) is 21.7 Å². The molecule has 0 amide bonds. The zero-order valence-electron chi connectivity index (χ0n) is 17.8. The average Bonchev–Trinajstić information content (AvgIpc) is 2.75. The summed E-state index contributed by atoms with van der Waals surface area (Å²) in [5.74, 6) is 1.51. The van der Waals surface area contributed by atoms with E-state index in [1.54, 1.807) is 14.2 Å². The molecule has 2 aromatic carbocycles. The highest BCUT2D eigenvalue weighted by molar-refractivity contribution is 7.80. The highest BCUT2D eigenvalue weighted by Gasteiger charge is 2.20. The summed E-state index contributed by atoms with van der Waals surface area (Å²) in [6.45, 7) is 8.98. The summed E-state index contributed by atoms with van der Waals surface area (Å²) in [4.78, 5) is 4.73. The number of ether oxygens (including phenoxy) is 2. The Labute approximate surface area is 179 Å². The first-order valence-electron chi connectivity index (χ1n) is 10.1. The van der Waals surface area contributed by atoms with Gasteiger partial charge in [0.05, 0.1) is 14.2 Å². The number of hydrogen-bond donors (Lipinski definition) is 1. The van der Waals surface area contributed by atoms with Crippen molar-refractivity contribution < 1.29 is 9.47 Å². The van der Waals surface area contributed by atoms with Crippen LogP contribution < -0.4 is 19.7 Å². The van der Waals surface area contributed by atoms with Gasteiger partial charge < -0.3 is 24.6 Å². The molecular weight excluding hydrogens is 382 g/mol. The first-order valence-corrected chi connectivity index (χ1v) is 10.5. The first-order chi connectivity index (χ1) is 14.0. The van der Waals surface area contributed by atoms with Crippen molar-refractivity contribution >= 4 is 23.0 Å². The summed E-state index contributed by atoms with van der Waals surface area (Å²) in [5, 5.41) is 4.25. The third-order valence-electron chi connectivity index (χ3n) is 5.41. The van der Waals surface area contributed by atoms with Gasteiger partial charge in [0.15, 0.2) is 16.6 Å². The number of rotatable bonds is 6. The third-order valence-corrected chi connectivity index (χ3v) is 5.81. The molecule has 156 valence electrons. The summed E-state index contributed by atoms with van der Waals surface area (Å²) in [5.41, 5.74) is 5.18. The lowest BCUT2D eigenvalue weighted by molar-refractivity contribution is 0.354. The highest BCUT2D eigenvalue weighted by Crippen LogP contribution is 2.27. The minimum atomic E-state index is 0.751. The number of anilines is 1. The van der Waals surface area contributed by atoms with Crippen LogP contribution in [0.4, 0.5) is 5.69 Å². The SMILES string of the molecule is COc1ccc(CCNC(=S)N2CCN(c3cc(C)ccc3C)CC2)cc1OC. The second-order valence-corrected chi connectivity index (χ2v) is 7.82. The molecule has 3 rings (SSSR count). The van der Waals surface area contributed by atoms with Crippen LogP contribution in [0.5, 0.6) is 11.5 Å². The van der Waals surface area contributed by atoms with E-state index < -0.39 is 0 Å². The lowest BCUT2D eigenvalue weighted by atomic mass is 10.1. The topological polar surface area (TPSA) is 37.0 Å². The lowest BCUT2D eigenvalue weighted by Crippen LogP contribution is -2.52. The van der Waals surface area contributed by atoms with Crippen molar-refractivity contribution in [3.8, 4) is 11.5 Å². The van der Waals surface area contributed by atoms with Crippen LogP contribution >= 0.6 is 12.2 Å². The van der Waals surface area contributed by atoms with Gasteiger partial charge in [0, 0.05) is 38.4 Å². The van der Waals surface area contributed by atoms with E-state index in [2.05, 4.69) is 53.2 Å². The van der Waals surface area contributed by atoms with E-state index in [1.807, 2.05) is 12.1 Å². The maximum Gasteiger partial charge on any atom is 0.169 e. The van der Waals surface area contributed by atoms with Gasteiger partial charge >= 0.3 is 0 Å². The van der Waals surface area contributed by atoms with E-state index in [9.17, 15) is 0 Å². The molecule has 1 fully saturated rings. The summed E-state index contributed by atoms with van der Waals surface area (Å²) >= 11 is 5.63. The second-order valence-electron chi connectivity index (χ2n) is 7.44. The average molecular weight is 414 g/mol. The molecule has 0 saturated carbocycles. The van der Waals surface area contributed by atoms with Crippen LogP contribution in [0.15, 0.2) is 36.4 Å². The molecule has 1 aliphatic rings. The molecule has 5 nitrogen and oxygen atoms in total. The van der Waals surface area contributed by atoms with Gasteiger partial charge in [-0.05, 0) is 67.4 Å². The zero-order valence-corrected chi connectivity index (χ0v) is 18.6. The standard InChI is InChI=1S/C23H31N3O2S/c1-17-5-6-18(2)20(15-17)25-11-13-26(14-12-25)23(29)24-10-9-19-7-8-21(27-3)22(16-19)28-4/h5-8,15-16H,9-14H2,1-4H3,(H,24,29). The Kier molecular flexibility index (Phi) is 7.20. The third kappa shape index (κ3) is 5.32. The van der Waals surface area contributed by atoms with Crippen LogP contribution in [0.1, 0.15) is 16.7 Å². The Morgan fingerprint density at radius 2 is 1.69 bits per heavy atom. The lowest BCUT2D eigenvalue weighted by Gasteiger charge is -2.38. The van der Waals surface area contributed by atoms with Crippen molar-refractivity contribution in [2.45, 2.75) is 20.3 Å². The van der Waals surface area contributed by atoms with E-state index in [0.29, 0.717) is 0 Å². The van der Waals surface area contributed by atoms with E-state index in [0.717, 1.165) is 55.8 Å². The van der Waals surface area contributed by atoms with Gasteiger partial charge in [-0.3, -0.25) is 0 Å². The molecule has 1 N–H and O–H groups in total. The van der Waals surface area contributed by atoms with Gasteiger partial charge in [-0.1, -0.05) is 18.2 Å². The molecule has 0 atom stereocenters. The van der Waals surface area contributed by atoms with Crippen molar-refractivity contribution in [1.82, 2.24) is 10.2 Å². The van der Waals surface area contributed by atoms with Crippen LogP contribution in [0.3, 0.4) is 0 Å². The molecule has 1 heterocycles. The number of thiocarbonyl (C=S) groups is 1. The Morgan fingerprint density at radius 3 is 2.38 bits per heavy atom. The molecule has 0 bridgehead atoms. The molecule has 1 saturated heterocycles. The number of nitrogens with one attached hydrogen (secondary N) is 1. The van der Waals surface area contributed by atoms with Gasteiger partial charge in [-0.2, -0.15) is 0 Å². The second kappa shape index (κ2) is 9.83. The monoisotopic (exact) mass is 413 g/mol. The summed E-state index contributed by atoms with van der Waals surface area (Å²) in [6.07, 6.45) is 0.878. The predicted molar refractivity (Wildman–Crippen MR) is 124 cm³/mol. The van der Waals surface area contributed by atoms with E-state index in [-0.39, 0.29) is 0 Å². The summed E-state index contributed by atoms with van der Waals surface area (Å²) < 4.78 is 10.7. The number of methoxy groups -OCH3 is 2. The van der Waals surface area contributed by atoms with Crippen LogP contribution in [-0.2, 0) is 6.42 Å². The number of piperazine rings is 1. The molecule has 6 heteroatoms. The molecule has 0 spiro atoms. The van der Waals surface area contributed by atoms with Gasteiger partial charge in [0.2, 0.25) is 0 Å². The molecule has 1 aliphatic heterocycles. The maximum absolute atomic E-state index is 5.63. The molecular formula is C23H31N3O2S. The summed E-state index contributed by atoms with van der Waals surface area (Å²) in [6, 6.07) is 12.7. The fraction of sp³-hybridized carbons (Fsp3) is 0.435. The highest BCUT2D eigenvalue weighted by atomic mass is 32.1. The van der Waals surface area contributed by atoms with Crippen LogP contribution in [0.25, 0.3) is 0 Å². The van der Waals surface area contributed by atoms with Crippen LogP contribution in [-0.4, -0.2) is 57.0 Å². The maximum atomic E-state index is 5.63. The van der Waals surface area contributed by atoms with Gasteiger partial charge in [0.1, 0.15) is 0 Å². The normalized spacial score (nSPS) is 13.9. The van der Waals surface area contributed by atoms with Crippen molar-refractivity contribution in [3.63, 3.8) is 0 Å². The fourth-order valence-electron chi connectivity index (χ4n) is 3.67. The zero-order chi connectivity index (χ0) is 20.8. The Hall–Kier alpha value is -2.47. The van der Waals surface area contributed by atoms with E-state index >= 15 is 0 Å². The fourth-order valence-corrected chi connectivity index (χ4v) is 3.96. The van der Waals surface area contributed by atoms with E-state index in [1.165, 1.54) is 22.4 Å². The molecule has 0 aliphatic carbocycles. The number of nitrogens with zero attached hydrogens (tertiary/aromatic N) is 2. The first kappa shape index (κ1) is 21.2. The predicted octanol–water partition coefficient (Wildman–Crippen LogP) is 3.56. The smallest absolute Gasteiger partial charge is 0.169 e. The Morgan fingerprint density at radius 1 is 0.966 bits per heavy atom. The van der Waals surface area contributed by atoms with Crippen molar-refractivity contribution in [2.24, 2.45) is 0 Å². The van der Waals surface area contributed by atoms with Crippen molar-refractivity contribution in [3.05, 3.63) is 53.1 Å².